The molecule has 3 aliphatic rings. The third-order valence-electron chi connectivity index (χ3n) is 18.0. The zero-order chi connectivity index (χ0) is 65.6. The fraction of sp³-hybridized carbons (Fsp3) is 0.452. The monoisotopic (exact) mass is 1250 g/mol. The maximum absolute atomic E-state index is 12.4. The molecule has 0 unspecified atom stereocenters. The third-order valence-corrected chi connectivity index (χ3v) is 18.0. The average molecular weight is 1250 g/mol. The molecule has 1 N–H and O–H groups in total. The minimum absolute atomic E-state index is 0.204. The fourth-order valence-corrected chi connectivity index (χ4v) is 12.6. The first kappa shape index (κ1) is 66.1. The molecule has 486 valence electrons. The summed E-state index contributed by atoms with van der Waals surface area (Å²) in [5.41, 5.74) is 17.8. The van der Waals surface area contributed by atoms with Crippen LogP contribution in [0.25, 0.3) is 38.7 Å². The van der Waals surface area contributed by atoms with Gasteiger partial charge in [-0.1, -0.05) is 57.2 Å². The smallest absolute Gasteiger partial charge is 0.410 e. The molecule has 0 spiro atoms. The second-order valence-electron chi connectivity index (χ2n) is 26.7. The molecule has 0 aliphatic carbocycles. The van der Waals surface area contributed by atoms with Crippen molar-refractivity contribution in [2.45, 2.75) is 137 Å². The van der Waals surface area contributed by atoms with E-state index >= 15 is 0 Å². The number of benzene rings is 3. The first-order valence-corrected chi connectivity index (χ1v) is 32.8. The van der Waals surface area contributed by atoms with Crippen LogP contribution in [0.5, 0.6) is 0 Å². The van der Waals surface area contributed by atoms with Gasteiger partial charge in [0.25, 0.3) is 0 Å². The van der Waals surface area contributed by atoms with Crippen molar-refractivity contribution in [3.05, 3.63) is 150 Å². The van der Waals surface area contributed by atoms with Crippen LogP contribution in [-0.2, 0) is 49.9 Å². The second kappa shape index (κ2) is 28.4. The second-order valence-corrected chi connectivity index (χ2v) is 26.7. The summed E-state index contributed by atoms with van der Waals surface area (Å²) in [5, 5.41) is 3.46. The summed E-state index contributed by atoms with van der Waals surface area (Å²) in [6.45, 7) is 23.0. The van der Waals surface area contributed by atoms with Gasteiger partial charge in [0, 0.05) is 104 Å². The Hall–Kier alpha value is -8.84. The number of piperidine rings is 2. The van der Waals surface area contributed by atoms with E-state index in [9.17, 15) is 9.59 Å². The third kappa shape index (κ3) is 15.4. The van der Waals surface area contributed by atoms with Crippen LogP contribution in [0.1, 0.15) is 140 Å². The number of imidazole rings is 3. The van der Waals surface area contributed by atoms with Gasteiger partial charge in [0.1, 0.15) is 45.2 Å². The Morgan fingerprint density at radius 3 is 1.29 bits per heavy atom. The van der Waals surface area contributed by atoms with Gasteiger partial charge in [0.15, 0.2) is 0 Å². The number of pyridine rings is 3. The number of nitrogens with zero attached hydrogens (tertiary/aromatic N) is 14. The van der Waals surface area contributed by atoms with E-state index in [4.69, 9.17) is 9.47 Å². The summed E-state index contributed by atoms with van der Waals surface area (Å²) in [7, 11) is 12.2. The molecule has 2 saturated heterocycles. The van der Waals surface area contributed by atoms with Crippen LogP contribution in [0.2, 0.25) is 0 Å². The summed E-state index contributed by atoms with van der Waals surface area (Å²) >= 11 is 0. The number of rotatable bonds is 12. The molecule has 3 aliphatic heterocycles. The van der Waals surface area contributed by atoms with Gasteiger partial charge in [-0.15, -0.1) is 0 Å². The SMILES string of the molecule is CCc1cc(C2=CCN(C(=O)OC(C)(C)C)CC2)ccc1N(C)c1cc2c(cn1)ncn2C.CCc1cc(C2CCN(C(=O)OC(C)(C)C)CC2)ccc1N(C)c1cc2c(cn1)ncn2C.CCc1cc(C2CCNCC2)ccc1N(C)c1cc2c(cn1)ncn2C. The number of likely N-dealkylation sites (tertiary alicyclic amines) is 1. The molecular formula is C73H95N15O4. The number of ether oxygens (including phenoxy) is 2. The van der Waals surface area contributed by atoms with E-state index in [1.54, 1.807) is 4.90 Å². The van der Waals surface area contributed by atoms with E-state index in [2.05, 4.69) is 171 Å². The zero-order valence-electron chi connectivity index (χ0n) is 56.9. The molecule has 0 bridgehead atoms. The van der Waals surface area contributed by atoms with Gasteiger partial charge in [-0.3, -0.25) is 0 Å². The molecule has 3 aromatic carbocycles. The lowest BCUT2D eigenvalue weighted by atomic mass is 9.88. The summed E-state index contributed by atoms with van der Waals surface area (Å²) in [4.78, 5) is 61.8. The molecule has 12 rings (SSSR count). The van der Waals surface area contributed by atoms with Gasteiger partial charge < -0.3 is 53.0 Å². The van der Waals surface area contributed by atoms with Gasteiger partial charge in [-0.05, 0) is 181 Å². The highest BCUT2D eigenvalue weighted by Gasteiger charge is 2.29. The van der Waals surface area contributed by atoms with E-state index < -0.39 is 11.2 Å². The first-order chi connectivity index (χ1) is 44.0. The molecule has 6 aromatic heterocycles. The van der Waals surface area contributed by atoms with Gasteiger partial charge in [0.2, 0.25) is 0 Å². The standard InChI is InChI=1S/C26H35N5O2.C26H33N5O2.C21H27N5/c2*1-7-18-14-20(19-10-12-31(13-11-19)25(32)33-26(2,3)4)8-9-22(18)30(6)24-15-23-21(16-27-24)28-17-29(23)5;1-4-15-11-17(16-7-9-22-10-8-16)5-6-19(15)26(3)21-12-20-18(13-23-21)24-14-25(20)2/h8-9,14-17,19H,7,10-13H2,1-6H3;8-10,14-17H,7,11-13H2,1-6H3;5-6,11-14,16,22H,4,7-10H2,1-3H3. The Balaban J connectivity index is 0.000000152. The number of hydrogen-bond acceptors (Lipinski definition) is 14. The maximum atomic E-state index is 12.4. The minimum atomic E-state index is -0.477. The van der Waals surface area contributed by atoms with Crippen LogP contribution in [0, 0.1) is 0 Å². The molecule has 2 fully saturated rings. The summed E-state index contributed by atoms with van der Waals surface area (Å²) in [5.74, 6) is 3.88. The molecule has 0 atom stereocenters. The molecule has 2 amide bonds. The number of hydrogen-bond donors (Lipinski definition) is 1. The summed E-state index contributed by atoms with van der Waals surface area (Å²) in [6.07, 6.45) is 20.7. The number of nitrogens with one attached hydrogen (secondary N) is 1. The van der Waals surface area contributed by atoms with Gasteiger partial charge >= 0.3 is 12.2 Å². The maximum Gasteiger partial charge on any atom is 0.410 e. The Morgan fingerprint density at radius 2 is 0.902 bits per heavy atom. The van der Waals surface area contributed by atoms with Crippen molar-refractivity contribution in [1.29, 1.82) is 0 Å². The Morgan fingerprint density at radius 1 is 0.511 bits per heavy atom. The van der Waals surface area contributed by atoms with Gasteiger partial charge in [0.05, 0.1) is 54.1 Å². The number of aromatic nitrogens is 9. The number of anilines is 6. The highest BCUT2D eigenvalue weighted by molar-refractivity contribution is 5.82. The number of aryl methyl sites for hydroxylation is 6. The Labute approximate surface area is 543 Å². The average Bonchev–Trinajstić information content (AvgIpc) is 1.35. The fourth-order valence-electron chi connectivity index (χ4n) is 12.6. The highest BCUT2D eigenvalue weighted by atomic mass is 16.6. The van der Waals surface area contributed by atoms with Crippen molar-refractivity contribution < 1.29 is 19.1 Å². The Bertz CT molecular complexity index is 4080. The molecule has 19 heteroatoms. The predicted molar refractivity (Wildman–Crippen MR) is 372 cm³/mol. The Kier molecular flexibility index (Phi) is 20.4. The molecule has 19 nitrogen and oxygen atoms in total. The van der Waals surface area contributed by atoms with Gasteiger partial charge in [-0.25, -0.2) is 39.5 Å². The molecule has 0 radical (unpaired) electrons. The van der Waals surface area contributed by atoms with Crippen LogP contribution in [-0.4, -0.2) is 137 Å². The van der Waals surface area contributed by atoms with Crippen molar-refractivity contribution in [2.24, 2.45) is 21.1 Å². The molecule has 9 heterocycles. The minimum Gasteiger partial charge on any atom is -0.444 e. The van der Waals surface area contributed by atoms with Crippen LogP contribution in [0.15, 0.2) is 116 Å². The molecule has 9 aromatic rings. The normalized spacial score (nSPS) is 15.0. The molecule has 92 heavy (non-hydrogen) atoms. The van der Waals surface area contributed by atoms with Crippen molar-refractivity contribution in [2.75, 3.05) is 75.1 Å². The quantitative estimate of drug-likeness (QED) is 0.122. The van der Waals surface area contributed by atoms with Crippen LogP contribution in [0.3, 0.4) is 0 Å². The molecular weight excluding hydrogens is 1150 g/mol. The van der Waals surface area contributed by atoms with E-state index in [0.29, 0.717) is 24.9 Å². The molecule has 0 saturated carbocycles. The summed E-state index contributed by atoms with van der Waals surface area (Å²) in [6, 6.07) is 26.7. The highest BCUT2D eigenvalue weighted by Crippen LogP contribution is 2.37. The largest absolute Gasteiger partial charge is 0.444 e. The van der Waals surface area contributed by atoms with Crippen LogP contribution < -0.4 is 20.0 Å². The van der Waals surface area contributed by atoms with Crippen molar-refractivity contribution in [3.63, 3.8) is 0 Å². The van der Waals surface area contributed by atoms with E-state index in [1.165, 1.54) is 63.2 Å². The number of carbonyl (C=O) groups excluding carboxylic acids is 2. The predicted octanol–water partition coefficient (Wildman–Crippen LogP) is 14.5. The van der Waals surface area contributed by atoms with E-state index in [1.807, 2.05) is 119 Å². The van der Waals surface area contributed by atoms with Crippen LogP contribution in [0.4, 0.5) is 44.1 Å². The van der Waals surface area contributed by atoms with Crippen molar-refractivity contribution in [3.8, 4) is 0 Å². The lowest BCUT2D eigenvalue weighted by Crippen LogP contribution is -2.41. The lowest BCUT2D eigenvalue weighted by Gasteiger charge is -2.34. The lowest BCUT2D eigenvalue weighted by molar-refractivity contribution is 0.0203. The summed E-state index contributed by atoms with van der Waals surface area (Å²) < 4.78 is 17.1. The first-order valence-electron chi connectivity index (χ1n) is 32.8. The number of fused-ring (bicyclic) bond motifs is 3. The topological polar surface area (TPSA) is 173 Å². The number of carbonyl (C=O) groups is 2. The van der Waals surface area contributed by atoms with Crippen molar-refractivity contribution >= 4 is 85.4 Å². The van der Waals surface area contributed by atoms with Crippen LogP contribution >= 0.6 is 0 Å². The van der Waals surface area contributed by atoms with Gasteiger partial charge in [-0.2, -0.15) is 0 Å². The number of amides is 2. The zero-order valence-corrected chi connectivity index (χ0v) is 56.9. The van der Waals surface area contributed by atoms with Crippen molar-refractivity contribution in [1.82, 2.24) is 58.7 Å². The van der Waals surface area contributed by atoms with E-state index in [-0.39, 0.29) is 12.2 Å². The van der Waals surface area contributed by atoms with E-state index in [0.717, 1.165) is 121 Å².